The monoisotopic (exact) mass is 436 g/mol. The molecular weight excluding hydrogens is 400 g/mol. The summed E-state index contributed by atoms with van der Waals surface area (Å²) in [5.41, 5.74) is -1.12. The number of carbonyl (C=O) groups is 4. The van der Waals surface area contributed by atoms with Gasteiger partial charge in [-0.2, -0.15) is 0 Å². The molecule has 1 fully saturated rings. The van der Waals surface area contributed by atoms with Crippen LogP contribution in [0.15, 0.2) is 24.3 Å². The number of amides is 2. The maximum atomic E-state index is 12.4. The highest BCUT2D eigenvalue weighted by Gasteiger charge is 2.51. The number of alkyl carbamates (subject to hydrolysis) is 2. The van der Waals surface area contributed by atoms with Crippen LogP contribution in [0.2, 0.25) is 0 Å². The molecule has 0 spiro atoms. The Bertz CT molecular complexity index is 713. The summed E-state index contributed by atoms with van der Waals surface area (Å²) in [6, 6.07) is -0.382. The smallest absolute Gasteiger partial charge is 0.407 e. The Morgan fingerprint density at radius 3 is 1.94 bits per heavy atom. The van der Waals surface area contributed by atoms with E-state index in [0.717, 1.165) is 12.8 Å². The molecule has 31 heavy (non-hydrogen) atoms. The molecule has 2 unspecified atom stereocenters. The van der Waals surface area contributed by atoms with E-state index in [2.05, 4.69) is 10.6 Å². The summed E-state index contributed by atoms with van der Waals surface area (Å²) in [5.74, 6) is -0.231. The van der Waals surface area contributed by atoms with Crippen LogP contribution in [0, 0.1) is 5.41 Å². The van der Waals surface area contributed by atoms with Crippen molar-refractivity contribution in [1.82, 2.24) is 10.6 Å². The lowest BCUT2D eigenvalue weighted by Gasteiger charge is -2.52. The first-order valence-electron chi connectivity index (χ1n) is 10.7. The molecule has 2 amide bonds. The van der Waals surface area contributed by atoms with Gasteiger partial charge in [-0.25, -0.2) is 9.59 Å². The molecule has 0 heterocycles. The van der Waals surface area contributed by atoms with E-state index >= 15 is 0 Å². The molecule has 0 aromatic heterocycles. The van der Waals surface area contributed by atoms with Crippen molar-refractivity contribution >= 4 is 23.8 Å². The van der Waals surface area contributed by atoms with Crippen LogP contribution in [-0.4, -0.2) is 48.5 Å². The quantitative estimate of drug-likeness (QED) is 0.503. The van der Waals surface area contributed by atoms with Crippen molar-refractivity contribution in [3.63, 3.8) is 0 Å². The highest BCUT2D eigenvalue weighted by Crippen LogP contribution is 2.43. The number of carbonyl (C=O) groups excluding carboxylic acids is 4. The van der Waals surface area contributed by atoms with Crippen LogP contribution in [0.1, 0.15) is 66.7 Å². The number of allylic oxidation sites excluding steroid dienone is 4. The normalized spacial score (nSPS) is 22.8. The maximum Gasteiger partial charge on any atom is 0.407 e. The Morgan fingerprint density at radius 2 is 1.42 bits per heavy atom. The molecule has 1 saturated carbocycles. The molecule has 174 valence electrons. The summed E-state index contributed by atoms with van der Waals surface area (Å²) < 4.78 is 10.3. The van der Waals surface area contributed by atoms with Crippen molar-refractivity contribution in [2.75, 3.05) is 13.2 Å². The van der Waals surface area contributed by atoms with Crippen molar-refractivity contribution in [3.8, 4) is 0 Å². The van der Waals surface area contributed by atoms with Crippen LogP contribution in [-0.2, 0) is 19.1 Å². The molecule has 0 radical (unpaired) electrons. The van der Waals surface area contributed by atoms with Crippen LogP contribution < -0.4 is 10.6 Å². The number of hydrogen-bond donors (Lipinski definition) is 2. The first-order valence-corrected chi connectivity index (χ1v) is 10.7. The van der Waals surface area contributed by atoms with E-state index in [0.29, 0.717) is 6.42 Å². The Hall–Kier alpha value is -2.64. The number of nitrogens with one attached hydrogen (secondary N) is 2. The summed E-state index contributed by atoms with van der Waals surface area (Å²) in [6.45, 7) is 9.38. The SMILES string of the molecule is CC=CC(=O)CCOC(=O)NC1CCCC(C)(C)C1(C)NC(=O)OCCC(=O)C=CC. The van der Waals surface area contributed by atoms with Gasteiger partial charge in [-0.05, 0) is 51.2 Å². The van der Waals surface area contributed by atoms with Crippen LogP contribution in [0.3, 0.4) is 0 Å². The van der Waals surface area contributed by atoms with Crippen molar-refractivity contribution < 1.29 is 28.7 Å². The fraction of sp³-hybridized carbons (Fsp3) is 0.652. The van der Waals surface area contributed by atoms with E-state index in [9.17, 15) is 19.2 Å². The average molecular weight is 437 g/mol. The molecule has 0 aromatic rings. The van der Waals surface area contributed by atoms with Gasteiger partial charge in [0.2, 0.25) is 0 Å². The van der Waals surface area contributed by atoms with Crippen LogP contribution in [0.25, 0.3) is 0 Å². The Kier molecular flexibility index (Phi) is 10.4. The number of ketones is 2. The van der Waals surface area contributed by atoms with Gasteiger partial charge < -0.3 is 20.1 Å². The molecule has 2 atom stereocenters. The molecule has 2 N–H and O–H groups in total. The molecule has 0 bridgehead atoms. The van der Waals surface area contributed by atoms with E-state index in [1.807, 2.05) is 20.8 Å². The summed E-state index contributed by atoms with van der Waals surface area (Å²) in [6.07, 6.45) is 7.49. The molecule has 0 aromatic carbocycles. The van der Waals surface area contributed by atoms with E-state index in [1.54, 1.807) is 26.0 Å². The Morgan fingerprint density at radius 1 is 0.903 bits per heavy atom. The molecule has 1 aliphatic rings. The highest BCUT2D eigenvalue weighted by molar-refractivity contribution is 5.90. The van der Waals surface area contributed by atoms with Gasteiger partial charge in [-0.3, -0.25) is 9.59 Å². The predicted octanol–water partition coefficient (Wildman–Crippen LogP) is 3.85. The second-order valence-electron chi connectivity index (χ2n) is 8.50. The van der Waals surface area contributed by atoms with Gasteiger partial charge in [0.05, 0.1) is 11.6 Å². The molecule has 8 heteroatoms. The fourth-order valence-electron chi connectivity index (χ4n) is 3.70. The second kappa shape index (κ2) is 12.3. The molecule has 0 aliphatic heterocycles. The molecule has 0 saturated heterocycles. The minimum absolute atomic E-state index is 0.0163. The minimum Gasteiger partial charge on any atom is -0.449 e. The molecular formula is C23H36N2O6. The second-order valence-corrected chi connectivity index (χ2v) is 8.50. The zero-order valence-electron chi connectivity index (χ0n) is 19.3. The van der Waals surface area contributed by atoms with Crippen LogP contribution in [0.4, 0.5) is 9.59 Å². The Labute approximate surface area is 184 Å². The highest BCUT2D eigenvalue weighted by atomic mass is 16.6. The van der Waals surface area contributed by atoms with Gasteiger partial charge in [-0.1, -0.05) is 32.4 Å². The molecule has 1 rings (SSSR count). The van der Waals surface area contributed by atoms with Gasteiger partial charge >= 0.3 is 12.2 Å². The van der Waals surface area contributed by atoms with Crippen molar-refractivity contribution in [2.24, 2.45) is 5.41 Å². The first-order chi connectivity index (χ1) is 14.6. The summed E-state index contributed by atoms with van der Waals surface area (Å²) in [4.78, 5) is 47.8. The van der Waals surface area contributed by atoms with Crippen LogP contribution >= 0.6 is 0 Å². The van der Waals surface area contributed by atoms with Gasteiger partial charge in [-0.15, -0.1) is 0 Å². The van der Waals surface area contributed by atoms with Gasteiger partial charge in [0.1, 0.15) is 13.2 Å². The van der Waals surface area contributed by atoms with Gasteiger partial charge in [0, 0.05) is 12.8 Å². The summed E-state index contributed by atoms with van der Waals surface area (Å²) >= 11 is 0. The minimum atomic E-state index is -0.796. The van der Waals surface area contributed by atoms with E-state index in [1.165, 1.54) is 12.2 Å². The van der Waals surface area contributed by atoms with Gasteiger partial charge in [0.15, 0.2) is 11.6 Å². The molecule has 1 aliphatic carbocycles. The third-order valence-electron chi connectivity index (χ3n) is 5.92. The number of ether oxygens (including phenoxy) is 2. The molecule has 8 nitrogen and oxygen atoms in total. The largest absolute Gasteiger partial charge is 0.449 e. The standard InChI is InChI=1S/C23H36N2O6/c1-6-9-17(26)12-15-30-20(28)24-19-11-8-14-22(3,4)23(19,5)25-21(29)31-16-13-18(27)10-7-2/h6-7,9-10,19H,8,11-16H2,1-5H3,(H,24,28)(H,25,29). The van der Waals surface area contributed by atoms with Crippen LogP contribution in [0.5, 0.6) is 0 Å². The van der Waals surface area contributed by atoms with E-state index < -0.39 is 17.7 Å². The summed E-state index contributed by atoms with van der Waals surface area (Å²) in [7, 11) is 0. The van der Waals surface area contributed by atoms with Crippen molar-refractivity contribution in [1.29, 1.82) is 0 Å². The lowest BCUT2D eigenvalue weighted by atomic mass is 9.61. The third kappa shape index (κ3) is 8.19. The average Bonchev–Trinajstić information content (AvgIpc) is 2.66. The third-order valence-corrected chi connectivity index (χ3v) is 5.92. The first kappa shape index (κ1) is 26.4. The lowest BCUT2D eigenvalue weighted by molar-refractivity contribution is -0.116. The zero-order chi connectivity index (χ0) is 23.5. The van der Waals surface area contributed by atoms with E-state index in [-0.39, 0.29) is 49.1 Å². The fourth-order valence-corrected chi connectivity index (χ4v) is 3.70. The topological polar surface area (TPSA) is 111 Å². The Balaban J connectivity index is 2.70. The lowest BCUT2D eigenvalue weighted by Crippen LogP contribution is -2.69. The van der Waals surface area contributed by atoms with Crippen molar-refractivity contribution in [2.45, 2.75) is 78.3 Å². The van der Waals surface area contributed by atoms with Gasteiger partial charge in [0.25, 0.3) is 0 Å². The number of hydrogen-bond acceptors (Lipinski definition) is 6. The van der Waals surface area contributed by atoms with E-state index in [4.69, 9.17) is 9.47 Å². The summed E-state index contributed by atoms with van der Waals surface area (Å²) in [5, 5.41) is 5.76. The van der Waals surface area contributed by atoms with Crippen molar-refractivity contribution in [3.05, 3.63) is 24.3 Å². The number of rotatable bonds is 10. The zero-order valence-corrected chi connectivity index (χ0v) is 19.3. The maximum absolute atomic E-state index is 12.4. The predicted molar refractivity (Wildman–Crippen MR) is 118 cm³/mol.